The van der Waals surface area contributed by atoms with E-state index in [-0.39, 0.29) is 6.03 Å². The van der Waals surface area contributed by atoms with Gasteiger partial charge in [-0.25, -0.2) is 4.79 Å². The normalized spacial score (nSPS) is 10.0. The Morgan fingerprint density at radius 2 is 2.00 bits per heavy atom. The number of fused-ring (bicyclic) bond motifs is 1. The summed E-state index contributed by atoms with van der Waals surface area (Å²) < 4.78 is 5.71. The number of nitriles is 1. The molecular weight excluding hydrogens is 316 g/mol. The average Bonchev–Trinajstić information content (AvgIpc) is 2.65. The topological polar surface area (TPSA) is 87.0 Å². The molecule has 0 atom stereocenters. The van der Waals surface area contributed by atoms with E-state index in [0.29, 0.717) is 30.2 Å². The molecule has 0 bridgehead atoms. The smallest absolute Gasteiger partial charge is 0.319 e. The molecule has 0 aliphatic carbocycles. The molecule has 25 heavy (non-hydrogen) atoms. The Bertz CT molecular complexity index is 929. The maximum Gasteiger partial charge on any atom is 0.319 e. The van der Waals surface area contributed by atoms with E-state index >= 15 is 0 Å². The van der Waals surface area contributed by atoms with Gasteiger partial charge in [-0.3, -0.25) is 4.98 Å². The molecule has 1 heterocycles. The molecule has 1 aromatic heterocycles. The zero-order valence-corrected chi connectivity index (χ0v) is 13.4. The van der Waals surface area contributed by atoms with Gasteiger partial charge in [0.1, 0.15) is 17.9 Å². The summed E-state index contributed by atoms with van der Waals surface area (Å²) in [5, 5.41) is 15.2. The molecule has 2 N–H and O–H groups in total. The number of hydrogen-bond donors (Lipinski definition) is 2. The Morgan fingerprint density at radius 1 is 1.16 bits per heavy atom. The quantitative estimate of drug-likeness (QED) is 0.702. The van der Waals surface area contributed by atoms with Crippen LogP contribution in [0.3, 0.4) is 0 Å². The standard InChI is InChI=1S/C19H16N4O2/c20-13-14-4-1-7-16(12-14)23-19(24)22-10-11-25-17-8-2-5-15-6-3-9-21-18(15)17/h1-9,12H,10-11H2,(H2,22,23,24). The van der Waals surface area contributed by atoms with Gasteiger partial charge >= 0.3 is 6.03 Å². The molecule has 6 heteroatoms. The molecule has 6 nitrogen and oxygen atoms in total. The minimum absolute atomic E-state index is 0.321. The molecule has 0 spiro atoms. The van der Waals surface area contributed by atoms with Crippen LogP contribution in [-0.4, -0.2) is 24.2 Å². The maximum absolute atomic E-state index is 11.9. The van der Waals surface area contributed by atoms with Crippen molar-refractivity contribution in [2.24, 2.45) is 0 Å². The highest BCUT2D eigenvalue weighted by Gasteiger charge is 2.04. The number of amides is 2. The van der Waals surface area contributed by atoms with Crippen molar-refractivity contribution in [3.63, 3.8) is 0 Å². The van der Waals surface area contributed by atoms with E-state index in [1.54, 1.807) is 30.5 Å². The van der Waals surface area contributed by atoms with E-state index in [9.17, 15) is 4.79 Å². The third-order valence-corrected chi connectivity index (χ3v) is 3.49. The molecule has 2 amide bonds. The third-order valence-electron chi connectivity index (χ3n) is 3.49. The van der Waals surface area contributed by atoms with Crippen molar-refractivity contribution in [1.29, 1.82) is 5.26 Å². The highest BCUT2D eigenvalue weighted by Crippen LogP contribution is 2.22. The first-order valence-electron chi connectivity index (χ1n) is 7.78. The SMILES string of the molecule is N#Cc1cccc(NC(=O)NCCOc2cccc3cccnc23)c1. The van der Waals surface area contributed by atoms with E-state index in [0.717, 1.165) is 10.9 Å². The number of carbonyl (C=O) groups is 1. The first-order valence-corrected chi connectivity index (χ1v) is 7.78. The van der Waals surface area contributed by atoms with E-state index in [1.165, 1.54) is 0 Å². The van der Waals surface area contributed by atoms with E-state index in [4.69, 9.17) is 10.00 Å². The molecule has 0 fully saturated rings. The van der Waals surface area contributed by atoms with Crippen molar-refractivity contribution in [3.05, 3.63) is 66.4 Å². The van der Waals surface area contributed by atoms with Crippen molar-refractivity contribution in [2.75, 3.05) is 18.5 Å². The zero-order valence-electron chi connectivity index (χ0n) is 13.4. The van der Waals surface area contributed by atoms with Gasteiger partial charge < -0.3 is 15.4 Å². The number of para-hydroxylation sites is 1. The van der Waals surface area contributed by atoms with Crippen LogP contribution >= 0.6 is 0 Å². The second-order valence-electron chi connectivity index (χ2n) is 5.25. The summed E-state index contributed by atoms with van der Waals surface area (Å²) in [6.45, 7) is 0.661. The van der Waals surface area contributed by atoms with Gasteiger partial charge in [0.2, 0.25) is 0 Å². The van der Waals surface area contributed by atoms with Crippen molar-refractivity contribution >= 4 is 22.6 Å². The summed E-state index contributed by atoms with van der Waals surface area (Å²) in [7, 11) is 0. The minimum Gasteiger partial charge on any atom is -0.489 e. The van der Waals surface area contributed by atoms with Crippen molar-refractivity contribution in [3.8, 4) is 11.8 Å². The van der Waals surface area contributed by atoms with E-state index in [1.807, 2.05) is 36.4 Å². The lowest BCUT2D eigenvalue weighted by Gasteiger charge is -2.10. The summed E-state index contributed by atoms with van der Waals surface area (Å²) in [4.78, 5) is 16.2. The summed E-state index contributed by atoms with van der Waals surface area (Å²) >= 11 is 0. The monoisotopic (exact) mass is 332 g/mol. The molecule has 0 aliphatic rings. The number of ether oxygens (including phenoxy) is 1. The first kappa shape index (κ1) is 16.3. The number of rotatable bonds is 5. The average molecular weight is 332 g/mol. The van der Waals surface area contributed by atoms with Gasteiger partial charge in [0.25, 0.3) is 0 Å². The van der Waals surface area contributed by atoms with Crippen molar-refractivity contribution in [1.82, 2.24) is 10.3 Å². The Morgan fingerprint density at radius 3 is 2.88 bits per heavy atom. The molecule has 3 aromatic rings. The Kier molecular flexibility index (Phi) is 5.07. The fraction of sp³-hybridized carbons (Fsp3) is 0.105. The zero-order chi connectivity index (χ0) is 17.5. The van der Waals surface area contributed by atoms with E-state index in [2.05, 4.69) is 15.6 Å². The molecule has 0 saturated heterocycles. The lowest BCUT2D eigenvalue weighted by atomic mass is 10.2. The molecule has 124 valence electrons. The Labute approximate surface area is 145 Å². The summed E-state index contributed by atoms with van der Waals surface area (Å²) in [6, 6.07) is 18.0. The number of urea groups is 1. The van der Waals surface area contributed by atoms with Gasteiger partial charge in [-0.15, -0.1) is 0 Å². The predicted octanol–water partition coefficient (Wildman–Crippen LogP) is 3.31. The third kappa shape index (κ3) is 4.24. The summed E-state index contributed by atoms with van der Waals surface area (Å²) in [5.41, 5.74) is 1.85. The van der Waals surface area contributed by atoms with Crippen LogP contribution < -0.4 is 15.4 Å². The fourth-order valence-electron chi connectivity index (χ4n) is 2.36. The number of nitrogens with zero attached hydrogens (tertiary/aromatic N) is 2. The number of anilines is 1. The molecule has 0 radical (unpaired) electrons. The summed E-state index contributed by atoms with van der Waals surface area (Å²) in [6.07, 6.45) is 1.72. The van der Waals surface area contributed by atoms with Gasteiger partial charge in [0.05, 0.1) is 18.2 Å². The van der Waals surface area contributed by atoms with Crippen LogP contribution in [-0.2, 0) is 0 Å². The van der Waals surface area contributed by atoms with Gasteiger partial charge in [-0.05, 0) is 30.3 Å². The van der Waals surface area contributed by atoms with Gasteiger partial charge in [-0.1, -0.05) is 24.3 Å². The summed E-state index contributed by atoms with van der Waals surface area (Å²) in [5.74, 6) is 0.682. The van der Waals surface area contributed by atoms with E-state index < -0.39 is 0 Å². The van der Waals surface area contributed by atoms with Crippen LogP contribution in [0.2, 0.25) is 0 Å². The fourth-order valence-corrected chi connectivity index (χ4v) is 2.36. The van der Waals surface area contributed by atoms with Gasteiger partial charge in [-0.2, -0.15) is 5.26 Å². The number of nitrogens with one attached hydrogen (secondary N) is 2. The lowest BCUT2D eigenvalue weighted by Crippen LogP contribution is -2.32. The van der Waals surface area contributed by atoms with Crippen molar-refractivity contribution < 1.29 is 9.53 Å². The lowest BCUT2D eigenvalue weighted by molar-refractivity contribution is 0.247. The Hall–Kier alpha value is -3.59. The first-order chi connectivity index (χ1) is 12.3. The molecule has 2 aromatic carbocycles. The number of aromatic nitrogens is 1. The molecule has 0 saturated carbocycles. The highest BCUT2D eigenvalue weighted by atomic mass is 16.5. The van der Waals surface area contributed by atoms with Crippen LogP contribution in [0.5, 0.6) is 5.75 Å². The van der Waals surface area contributed by atoms with Crippen LogP contribution in [0.1, 0.15) is 5.56 Å². The minimum atomic E-state index is -0.352. The molecule has 0 unspecified atom stereocenters. The number of pyridine rings is 1. The number of benzene rings is 2. The second kappa shape index (κ2) is 7.79. The highest BCUT2D eigenvalue weighted by molar-refractivity contribution is 5.89. The van der Waals surface area contributed by atoms with Gasteiger partial charge in [0.15, 0.2) is 0 Å². The number of hydrogen-bond acceptors (Lipinski definition) is 4. The maximum atomic E-state index is 11.9. The van der Waals surface area contributed by atoms with Crippen LogP contribution in [0.4, 0.5) is 10.5 Å². The number of carbonyl (C=O) groups excluding carboxylic acids is 1. The van der Waals surface area contributed by atoms with Crippen LogP contribution in [0.25, 0.3) is 10.9 Å². The molecule has 0 aliphatic heterocycles. The van der Waals surface area contributed by atoms with Crippen molar-refractivity contribution in [2.45, 2.75) is 0 Å². The van der Waals surface area contributed by atoms with Crippen LogP contribution in [0, 0.1) is 11.3 Å². The van der Waals surface area contributed by atoms with Gasteiger partial charge in [0, 0.05) is 17.3 Å². The molecule has 3 rings (SSSR count). The molecular formula is C19H16N4O2. The largest absolute Gasteiger partial charge is 0.489 e. The predicted molar refractivity (Wildman–Crippen MR) is 95.4 cm³/mol. The second-order valence-corrected chi connectivity index (χ2v) is 5.25. The van der Waals surface area contributed by atoms with Crippen LogP contribution in [0.15, 0.2) is 60.8 Å². The Balaban J connectivity index is 1.49.